The number of rotatable bonds is 7. The van der Waals surface area contributed by atoms with Crippen molar-refractivity contribution in [3.8, 4) is 0 Å². The molecule has 1 N–H and O–H groups in total. The molecular formula is C14H28N2. The molecule has 2 nitrogen and oxygen atoms in total. The maximum Gasteiger partial charge on any atom is 0.0192 e. The molecular weight excluding hydrogens is 196 g/mol. The lowest BCUT2D eigenvalue weighted by atomic mass is 9.81. The van der Waals surface area contributed by atoms with Crippen molar-refractivity contribution < 1.29 is 0 Å². The molecule has 0 aromatic carbocycles. The number of nitrogens with one attached hydrogen (secondary N) is 1. The van der Waals surface area contributed by atoms with Crippen LogP contribution in [0.2, 0.25) is 0 Å². The number of hydrogen-bond donors (Lipinski definition) is 1. The van der Waals surface area contributed by atoms with Crippen LogP contribution < -0.4 is 5.32 Å². The molecule has 16 heavy (non-hydrogen) atoms. The van der Waals surface area contributed by atoms with Gasteiger partial charge >= 0.3 is 0 Å². The van der Waals surface area contributed by atoms with Gasteiger partial charge in [-0.1, -0.05) is 19.3 Å². The van der Waals surface area contributed by atoms with E-state index in [2.05, 4.69) is 31.1 Å². The summed E-state index contributed by atoms with van der Waals surface area (Å²) in [5, 5.41) is 3.70. The minimum atomic E-state index is 0.691. The summed E-state index contributed by atoms with van der Waals surface area (Å²) in [5.74, 6) is 1.03. The first-order valence-corrected chi connectivity index (χ1v) is 7.12. The average Bonchev–Trinajstić information content (AvgIpc) is 3.02. The van der Waals surface area contributed by atoms with Gasteiger partial charge in [0.1, 0.15) is 0 Å². The van der Waals surface area contributed by atoms with Crippen molar-refractivity contribution in [2.24, 2.45) is 5.92 Å². The molecule has 2 heteroatoms. The maximum absolute atomic E-state index is 3.70. The Morgan fingerprint density at radius 2 is 1.88 bits per heavy atom. The van der Waals surface area contributed by atoms with Gasteiger partial charge in [0.25, 0.3) is 0 Å². The van der Waals surface area contributed by atoms with E-state index in [-0.39, 0.29) is 0 Å². The Kier molecular flexibility index (Phi) is 4.26. The molecule has 0 heterocycles. The average molecular weight is 224 g/mol. The van der Waals surface area contributed by atoms with E-state index in [1.807, 2.05) is 0 Å². The van der Waals surface area contributed by atoms with E-state index in [0.717, 1.165) is 18.5 Å². The van der Waals surface area contributed by atoms with Crippen LogP contribution in [0.1, 0.15) is 52.4 Å². The summed E-state index contributed by atoms with van der Waals surface area (Å²) in [6.45, 7) is 5.85. The van der Waals surface area contributed by atoms with Crippen LogP contribution in [0.3, 0.4) is 0 Å². The first kappa shape index (κ1) is 12.4. The second kappa shape index (κ2) is 5.50. The third kappa shape index (κ3) is 3.46. The van der Waals surface area contributed by atoms with Crippen molar-refractivity contribution in [2.45, 2.75) is 70.5 Å². The molecule has 2 atom stereocenters. The maximum atomic E-state index is 3.70. The predicted octanol–water partition coefficient (Wildman–Crippen LogP) is 2.64. The molecule has 0 aromatic rings. The van der Waals surface area contributed by atoms with Crippen LogP contribution in [-0.4, -0.2) is 36.6 Å². The Balaban J connectivity index is 1.57. The zero-order valence-electron chi connectivity index (χ0n) is 11.2. The van der Waals surface area contributed by atoms with Gasteiger partial charge in [0, 0.05) is 24.7 Å². The molecule has 0 amide bonds. The smallest absolute Gasteiger partial charge is 0.0192 e. The topological polar surface area (TPSA) is 15.3 Å². The van der Waals surface area contributed by atoms with Gasteiger partial charge in [-0.25, -0.2) is 0 Å². The summed E-state index contributed by atoms with van der Waals surface area (Å²) >= 11 is 0. The molecule has 0 spiro atoms. The Hall–Kier alpha value is -0.0800. The molecule has 2 aliphatic carbocycles. The van der Waals surface area contributed by atoms with Crippen LogP contribution in [-0.2, 0) is 0 Å². The molecule has 2 aliphatic rings. The lowest BCUT2D eigenvalue weighted by molar-refractivity contribution is 0.222. The van der Waals surface area contributed by atoms with Gasteiger partial charge in [-0.05, 0) is 46.1 Å². The van der Waals surface area contributed by atoms with Crippen LogP contribution in [0.4, 0.5) is 0 Å². The van der Waals surface area contributed by atoms with Gasteiger partial charge in [0.05, 0.1) is 0 Å². The largest absolute Gasteiger partial charge is 0.313 e. The van der Waals surface area contributed by atoms with Crippen molar-refractivity contribution in [1.29, 1.82) is 0 Å². The van der Waals surface area contributed by atoms with Gasteiger partial charge in [-0.15, -0.1) is 0 Å². The summed E-state index contributed by atoms with van der Waals surface area (Å²) in [6.07, 6.45) is 8.64. The molecule has 2 fully saturated rings. The fourth-order valence-corrected chi connectivity index (χ4v) is 2.67. The highest BCUT2D eigenvalue weighted by Crippen LogP contribution is 2.30. The van der Waals surface area contributed by atoms with E-state index < -0.39 is 0 Å². The molecule has 2 rings (SSSR count). The lowest BCUT2D eigenvalue weighted by Gasteiger charge is -2.30. The summed E-state index contributed by atoms with van der Waals surface area (Å²) in [5.41, 5.74) is 0. The molecule has 0 bridgehead atoms. The highest BCUT2D eigenvalue weighted by atomic mass is 15.2. The molecule has 2 unspecified atom stereocenters. The van der Waals surface area contributed by atoms with Crippen LogP contribution in [0.5, 0.6) is 0 Å². The Morgan fingerprint density at radius 1 is 1.19 bits per heavy atom. The number of hydrogen-bond acceptors (Lipinski definition) is 2. The lowest BCUT2D eigenvalue weighted by Crippen LogP contribution is -2.42. The van der Waals surface area contributed by atoms with Crippen molar-refractivity contribution in [2.75, 3.05) is 13.6 Å². The fourth-order valence-electron chi connectivity index (χ4n) is 2.67. The highest BCUT2D eigenvalue weighted by Gasteiger charge is 2.29. The van der Waals surface area contributed by atoms with Crippen molar-refractivity contribution in [1.82, 2.24) is 10.2 Å². The monoisotopic (exact) mass is 224 g/mol. The molecule has 0 aromatic heterocycles. The van der Waals surface area contributed by atoms with E-state index >= 15 is 0 Å². The molecule has 0 radical (unpaired) electrons. The zero-order chi connectivity index (χ0) is 11.5. The highest BCUT2D eigenvalue weighted by molar-refractivity contribution is 4.86. The second-order valence-electron chi connectivity index (χ2n) is 6.09. The van der Waals surface area contributed by atoms with Crippen molar-refractivity contribution in [3.63, 3.8) is 0 Å². The van der Waals surface area contributed by atoms with Gasteiger partial charge in [0.2, 0.25) is 0 Å². The molecule has 2 saturated carbocycles. The third-order valence-electron chi connectivity index (χ3n) is 4.49. The molecule has 94 valence electrons. The quantitative estimate of drug-likeness (QED) is 0.715. The fraction of sp³-hybridized carbons (Fsp3) is 1.00. The van der Waals surface area contributed by atoms with E-state index in [1.165, 1.54) is 38.5 Å². The summed E-state index contributed by atoms with van der Waals surface area (Å²) in [4.78, 5) is 2.54. The number of nitrogens with zero attached hydrogens (tertiary/aromatic N) is 1. The number of likely N-dealkylation sites (N-methyl/N-ethyl adjacent to an activating group) is 1. The van der Waals surface area contributed by atoms with Gasteiger partial charge in [-0.2, -0.15) is 0 Å². The normalized spacial score (nSPS) is 25.5. The van der Waals surface area contributed by atoms with Crippen LogP contribution >= 0.6 is 0 Å². The first-order valence-electron chi connectivity index (χ1n) is 7.12. The van der Waals surface area contributed by atoms with E-state index in [9.17, 15) is 0 Å². The zero-order valence-corrected chi connectivity index (χ0v) is 11.2. The van der Waals surface area contributed by atoms with Gasteiger partial charge in [-0.3, -0.25) is 4.90 Å². The third-order valence-corrected chi connectivity index (χ3v) is 4.49. The summed E-state index contributed by atoms with van der Waals surface area (Å²) < 4.78 is 0. The second-order valence-corrected chi connectivity index (χ2v) is 6.09. The van der Waals surface area contributed by atoms with Crippen LogP contribution in [0.25, 0.3) is 0 Å². The molecule has 0 saturated heterocycles. The summed E-state index contributed by atoms with van der Waals surface area (Å²) in [6, 6.07) is 2.29. The first-order chi connectivity index (χ1) is 7.66. The minimum absolute atomic E-state index is 0.691. The Labute approximate surface area is 101 Å². The SMILES string of the molecule is CC(CC1CCC1)NCC(C)N(C)C1CC1. The summed E-state index contributed by atoms with van der Waals surface area (Å²) in [7, 11) is 2.28. The van der Waals surface area contributed by atoms with Gasteiger partial charge < -0.3 is 5.32 Å². The van der Waals surface area contributed by atoms with E-state index in [0.29, 0.717) is 12.1 Å². The van der Waals surface area contributed by atoms with Crippen molar-refractivity contribution >= 4 is 0 Å². The standard InChI is InChI=1S/C14H28N2/c1-11(9-13-5-4-6-13)15-10-12(2)16(3)14-7-8-14/h11-15H,4-10H2,1-3H3. The Bertz CT molecular complexity index is 209. The molecule has 0 aliphatic heterocycles. The van der Waals surface area contributed by atoms with E-state index in [1.54, 1.807) is 0 Å². The van der Waals surface area contributed by atoms with Crippen molar-refractivity contribution in [3.05, 3.63) is 0 Å². The van der Waals surface area contributed by atoms with Gasteiger partial charge in [0.15, 0.2) is 0 Å². The van der Waals surface area contributed by atoms with E-state index in [4.69, 9.17) is 0 Å². The Morgan fingerprint density at radius 3 is 2.38 bits per heavy atom. The van der Waals surface area contributed by atoms with Crippen LogP contribution in [0, 0.1) is 5.92 Å². The minimum Gasteiger partial charge on any atom is -0.313 e. The van der Waals surface area contributed by atoms with Crippen LogP contribution in [0.15, 0.2) is 0 Å². The predicted molar refractivity (Wildman–Crippen MR) is 69.7 cm³/mol.